The quantitative estimate of drug-likeness (QED) is 0.745. The molecule has 1 atom stereocenters. The number of halogens is 1. The molecule has 2 aromatic rings. The first-order valence-corrected chi connectivity index (χ1v) is 10.6. The van der Waals surface area contributed by atoms with Crippen LogP contribution >= 0.6 is 0 Å². The Morgan fingerprint density at radius 3 is 2.71 bits per heavy atom. The lowest BCUT2D eigenvalue weighted by molar-refractivity contribution is -0.121. The van der Waals surface area contributed by atoms with Crippen molar-refractivity contribution in [1.29, 1.82) is 0 Å². The first-order chi connectivity index (χ1) is 14.7. The average molecular weight is 426 g/mol. The van der Waals surface area contributed by atoms with E-state index in [2.05, 4.69) is 5.32 Å². The van der Waals surface area contributed by atoms with Crippen LogP contribution in [0, 0.1) is 5.82 Å². The maximum atomic E-state index is 14.8. The molecule has 0 saturated heterocycles. The Morgan fingerprint density at radius 1 is 1.23 bits per heavy atom. The molecule has 0 spiro atoms. The van der Waals surface area contributed by atoms with E-state index in [1.54, 1.807) is 18.2 Å². The Morgan fingerprint density at radius 2 is 2.00 bits per heavy atom. The molecule has 6 nitrogen and oxygen atoms in total. The minimum Gasteiger partial charge on any atom is -0.494 e. The molecule has 4 rings (SSSR count). The van der Waals surface area contributed by atoms with Gasteiger partial charge in [-0.25, -0.2) is 9.18 Å². The van der Waals surface area contributed by atoms with E-state index < -0.39 is 18.0 Å². The molecule has 0 aromatic heterocycles. The molecule has 0 fully saturated rings. The van der Waals surface area contributed by atoms with E-state index in [9.17, 15) is 19.1 Å². The highest BCUT2D eigenvalue weighted by molar-refractivity contribution is 5.97. The number of ether oxygens (including phenoxy) is 1. The Balaban J connectivity index is 1.66. The fraction of sp³-hybridized carbons (Fsp3) is 0.417. The van der Waals surface area contributed by atoms with E-state index in [0.29, 0.717) is 35.6 Å². The van der Waals surface area contributed by atoms with Gasteiger partial charge in [-0.2, -0.15) is 0 Å². The summed E-state index contributed by atoms with van der Waals surface area (Å²) < 4.78 is 20.4. The van der Waals surface area contributed by atoms with Crippen molar-refractivity contribution in [2.75, 3.05) is 18.5 Å². The maximum Gasteiger partial charge on any atom is 0.408 e. The van der Waals surface area contributed by atoms with Crippen molar-refractivity contribution in [2.24, 2.45) is 0 Å². The highest BCUT2D eigenvalue weighted by Crippen LogP contribution is 2.41. The summed E-state index contributed by atoms with van der Waals surface area (Å²) in [6.45, 7) is 6.63. The van der Waals surface area contributed by atoms with Gasteiger partial charge in [-0.1, -0.05) is 19.9 Å². The summed E-state index contributed by atoms with van der Waals surface area (Å²) >= 11 is 0. The molecule has 1 heterocycles. The normalized spacial score (nSPS) is 18.8. The first kappa shape index (κ1) is 21.2. The summed E-state index contributed by atoms with van der Waals surface area (Å²) in [6.07, 6.45) is 0.925. The highest BCUT2D eigenvalue weighted by Gasteiger charge is 2.37. The Labute approximate surface area is 181 Å². The maximum absolute atomic E-state index is 14.8. The van der Waals surface area contributed by atoms with Gasteiger partial charge in [0.1, 0.15) is 17.6 Å². The van der Waals surface area contributed by atoms with Gasteiger partial charge < -0.3 is 15.2 Å². The molecule has 164 valence electrons. The predicted molar refractivity (Wildman–Crippen MR) is 115 cm³/mol. The lowest BCUT2D eigenvalue weighted by Gasteiger charge is -2.34. The van der Waals surface area contributed by atoms with Gasteiger partial charge in [0.2, 0.25) is 0 Å². The molecule has 2 N–H and O–H groups in total. The summed E-state index contributed by atoms with van der Waals surface area (Å²) in [5.74, 6) is -0.146. The number of carbonyl (C=O) groups is 2. The second-order valence-corrected chi connectivity index (χ2v) is 8.79. The monoisotopic (exact) mass is 426 g/mol. The lowest BCUT2D eigenvalue weighted by atomic mass is 9.86. The van der Waals surface area contributed by atoms with Crippen molar-refractivity contribution in [2.45, 2.75) is 51.5 Å². The van der Waals surface area contributed by atoms with Gasteiger partial charge in [0.15, 0.2) is 0 Å². The predicted octanol–water partition coefficient (Wildman–Crippen LogP) is 4.66. The van der Waals surface area contributed by atoms with Gasteiger partial charge in [0, 0.05) is 12.2 Å². The van der Waals surface area contributed by atoms with Crippen LogP contribution in [0.15, 0.2) is 30.3 Å². The minimum atomic E-state index is -1.17. The third-order valence-electron chi connectivity index (χ3n) is 6.28. The number of carboxylic acid groups (broad SMARTS) is 1. The number of hydrogen-bond acceptors (Lipinski definition) is 3. The SMILES string of the molecule is CCOc1ccc2c(c1)CCN(C(=O)O)C2C(=O)Nc1cc(F)c2c(c1)CCC2(C)C. The number of carbonyl (C=O) groups excluding carboxylic acids is 1. The first-order valence-electron chi connectivity index (χ1n) is 10.6. The summed E-state index contributed by atoms with van der Waals surface area (Å²) in [4.78, 5) is 26.2. The van der Waals surface area contributed by atoms with Crippen molar-refractivity contribution in [3.05, 3.63) is 58.4 Å². The van der Waals surface area contributed by atoms with Gasteiger partial charge in [0.05, 0.1) is 6.61 Å². The van der Waals surface area contributed by atoms with Crippen LogP contribution in [0.3, 0.4) is 0 Å². The van der Waals surface area contributed by atoms with E-state index >= 15 is 0 Å². The van der Waals surface area contributed by atoms with Crippen molar-refractivity contribution in [3.63, 3.8) is 0 Å². The summed E-state index contributed by atoms with van der Waals surface area (Å²) in [7, 11) is 0. The van der Waals surface area contributed by atoms with Gasteiger partial charge in [-0.05, 0) is 78.1 Å². The smallest absolute Gasteiger partial charge is 0.408 e. The molecule has 0 saturated carbocycles. The standard InChI is InChI=1S/C24H27FN2O4/c1-4-31-17-5-6-18-14(12-17)8-10-27(23(29)30)21(18)22(28)26-16-11-15-7-9-24(2,3)20(15)19(25)13-16/h5-6,11-13,21H,4,7-10H2,1-3H3,(H,26,28)(H,29,30). The number of nitrogens with one attached hydrogen (secondary N) is 1. The molecular weight excluding hydrogens is 399 g/mol. The van der Waals surface area contributed by atoms with Crippen LogP contribution in [0.25, 0.3) is 0 Å². The largest absolute Gasteiger partial charge is 0.494 e. The van der Waals surface area contributed by atoms with Crippen molar-refractivity contribution < 1.29 is 23.8 Å². The zero-order valence-electron chi connectivity index (χ0n) is 18.0. The van der Waals surface area contributed by atoms with E-state index in [0.717, 1.165) is 28.9 Å². The van der Waals surface area contributed by atoms with Crippen LogP contribution in [0.2, 0.25) is 0 Å². The van der Waals surface area contributed by atoms with Crippen LogP contribution in [-0.4, -0.2) is 35.2 Å². The van der Waals surface area contributed by atoms with Crippen LogP contribution in [-0.2, 0) is 23.1 Å². The molecule has 0 bridgehead atoms. The van der Waals surface area contributed by atoms with Crippen molar-refractivity contribution in [3.8, 4) is 5.75 Å². The molecule has 2 aliphatic rings. The number of nitrogens with zero attached hydrogens (tertiary/aromatic N) is 1. The van der Waals surface area contributed by atoms with Crippen LogP contribution in [0.4, 0.5) is 14.9 Å². The Bertz CT molecular complexity index is 1050. The summed E-state index contributed by atoms with van der Waals surface area (Å²) in [5, 5.41) is 12.4. The van der Waals surface area contributed by atoms with Crippen molar-refractivity contribution >= 4 is 17.7 Å². The molecule has 0 radical (unpaired) electrons. The Kier molecular flexibility index (Phi) is 5.37. The number of benzene rings is 2. The molecule has 1 aliphatic heterocycles. The number of rotatable bonds is 4. The number of anilines is 1. The van der Waals surface area contributed by atoms with Crippen molar-refractivity contribution in [1.82, 2.24) is 4.90 Å². The lowest BCUT2D eigenvalue weighted by Crippen LogP contribution is -2.44. The highest BCUT2D eigenvalue weighted by atomic mass is 19.1. The Hall–Kier alpha value is -3.09. The van der Waals surface area contributed by atoms with Crippen LogP contribution < -0.4 is 10.1 Å². The van der Waals surface area contributed by atoms with Gasteiger partial charge in [-0.3, -0.25) is 9.69 Å². The van der Waals surface area contributed by atoms with E-state index in [-0.39, 0.29) is 17.8 Å². The summed E-state index contributed by atoms with van der Waals surface area (Å²) in [5.41, 5.74) is 3.21. The van der Waals surface area contributed by atoms with E-state index in [1.807, 2.05) is 26.8 Å². The zero-order valence-corrected chi connectivity index (χ0v) is 18.0. The molecule has 31 heavy (non-hydrogen) atoms. The number of aryl methyl sites for hydroxylation is 1. The third-order valence-corrected chi connectivity index (χ3v) is 6.28. The fourth-order valence-corrected chi connectivity index (χ4v) is 4.82. The fourth-order valence-electron chi connectivity index (χ4n) is 4.82. The molecule has 7 heteroatoms. The van der Waals surface area contributed by atoms with E-state index in [1.165, 1.54) is 6.07 Å². The van der Waals surface area contributed by atoms with Crippen LogP contribution in [0.5, 0.6) is 5.75 Å². The van der Waals surface area contributed by atoms with Crippen LogP contribution in [0.1, 0.15) is 55.5 Å². The molecule has 2 aromatic carbocycles. The second kappa shape index (κ2) is 7.87. The third kappa shape index (κ3) is 3.84. The minimum absolute atomic E-state index is 0.197. The van der Waals surface area contributed by atoms with Gasteiger partial charge >= 0.3 is 6.09 Å². The molecule has 1 aliphatic carbocycles. The summed E-state index contributed by atoms with van der Waals surface area (Å²) in [6, 6.07) is 7.46. The second-order valence-electron chi connectivity index (χ2n) is 8.79. The number of hydrogen-bond donors (Lipinski definition) is 2. The van der Waals surface area contributed by atoms with Gasteiger partial charge in [0.25, 0.3) is 5.91 Å². The van der Waals surface area contributed by atoms with Gasteiger partial charge in [-0.15, -0.1) is 0 Å². The topological polar surface area (TPSA) is 78.9 Å². The molecule has 2 amide bonds. The average Bonchev–Trinajstić information content (AvgIpc) is 3.01. The number of amides is 2. The van der Waals surface area contributed by atoms with E-state index in [4.69, 9.17) is 4.74 Å². The number of fused-ring (bicyclic) bond motifs is 2. The molecule has 1 unspecified atom stereocenters. The molecular formula is C24H27FN2O4. The zero-order chi connectivity index (χ0) is 22.3.